The van der Waals surface area contributed by atoms with Crippen molar-refractivity contribution in [1.82, 2.24) is 14.9 Å². The topological polar surface area (TPSA) is 78.5 Å². The quantitative estimate of drug-likeness (QED) is 0.671. The number of likely N-dealkylation sites (N-methyl/N-ethyl adjacent to an activating group) is 1. The molecular weight excluding hydrogens is 314 g/mol. The lowest BCUT2D eigenvalue weighted by Crippen LogP contribution is -2.51. The average molecular weight is 339 g/mol. The molecule has 2 saturated carbocycles. The van der Waals surface area contributed by atoms with E-state index in [-0.39, 0.29) is 23.1 Å². The molecule has 0 aromatic carbocycles. The molecule has 3 fully saturated rings. The van der Waals surface area contributed by atoms with Crippen LogP contribution < -0.4 is 10.0 Å². The van der Waals surface area contributed by atoms with Crippen molar-refractivity contribution in [3.8, 4) is 0 Å². The largest absolute Gasteiger partial charge is 0.343 e. The Balaban J connectivity index is 1.71. The van der Waals surface area contributed by atoms with Gasteiger partial charge in [0.2, 0.25) is 15.9 Å². The van der Waals surface area contributed by atoms with E-state index in [0.29, 0.717) is 25.0 Å². The Hall–Kier alpha value is -1.34. The standard InChI is InChI=1S/C16H25N3O3S/c1-4-12-10-16(12,11(2)18-23(21,22)13-7-8-13)17-15(20)14-6-5-9-19(14)3/h4,12-14,18H,1-2,5-10H2,3H3,(H,17,20)/t12?,14-,16?/m0/s1. The normalized spacial score (nSPS) is 34.0. The number of nitrogens with zero attached hydrogens (tertiary/aromatic N) is 1. The monoisotopic (exact) mass is 339 g/mol. The van der Waals surface area contributed by atoms with Gasteiger partial charge in [0, 0.05) is 11.6 Å². The summed E-state index contributed by atoms with van der Waals surface area (Å²) in [5.74, 6) is -0.0336. The minimum absolute atomic E-state index is 0.0209. The molecule has 2 aliphatic carbocycles. The van der Waals surface area contributed by atoms with E-state index in [4.69, 9.17) is 0 Å². The molecule has 6 nitrogen and oxygen atoms in total. The van der Waals surface area contributed by atoms with Crippen LogP contribution in [0.25, 0.3) is 0 Å². The SMILES string of the molecule is C=CC1CC1(NC(=O)[C@@H]1CCCN1C)C(=C)NS(=O)(=O)C1CC1. The summed E-state index contributed by atoms with van der Waals surface area (Å²) < 4.78 is 26.9. The van der Waals surface area contributed by atoms with Crippen LogP contribution in [0.4, 0.5) is 0 Å². The van der Waals surface area contributed by atoms with Crippen molar-refractivity contribution >= 4 is 15.9 Å². The summed E-state index contributed by atoms with van der Waals surface area (Å²) in [4.78, 5) is 14.6. The lowest BCUT2D eigenvalue weighted by Gasteiger charge is -2.26. The smallest absolute Gasteiger partial charge is 0.238 e. The molecule has 0 bridgehead atoms. The summed E-state index contributed by atoms with van der Waals surface area (Å²) in [5.41, 5.74) is -0.354. The number of amides is 1. The van der Waals surface area contributed by atoms with Gasteiger partial charge in [-0.15, -0.1) is 6.58 Å². The maximum Gasteiger partial charge on any atom is 0.238 e. The van der Waals surface area contributed by atoms with Crippen molar-refractivity contribution in [3.63, 3.8) is 0 Å². The van der Waals surface area contributed by atoms with Gasteiger partial charge in [-0.2, -0.15) is 0 Å². The van der Waals surface area contributed by atoms with Crippen molar-refractivity contribution in [3.05, 3.63) is 24.9 Å². The van der Waals surface area contributed by atoms with Crippen LogP contribution in [0.5, 0.6) is 0 Å². The highest BCUT2D eigenvalue weighted by Gasteiger charge is 2.57. The van der Waals surface area contributed by atoms with Crippen LogP contribution in [0, 0.1) is 5.92 Å². The highest BCUT2D eigenvalue weighted by Crippen LogP contribution is 2.49. The summed E-state index contributed by atoms with van der Waals surface area (Å²) in [5, 5.41) is 2.73. The van der Waals surface area contributed by atoms with Gasteiger partial charge in [0.15, 0.2) is 0 Å². The predicted octanol–water partition coefficient (Wildman–Crippen LogP) is 0.737. The lowest BCUT2D eigenvalue weighted by molar-refractivity contribution is -0.125. The Morgan fingerprint density at radius 2 is 2.04 bits per heavy atom. The molecule has 3 rings (SSSR count). The third-order valence-electron chi connectivity index (χ3n) is 5.24. The number of rotatable bonds is 7. The fourth-order valence-electron chi connectivity index (χ4n) is 3.41. The van der Waals surface area contributed by atoms with Gasteiger partial charge in [-0.05, 0) is 45.7 Å². The molecule has 0 spiro atoms. The fourth-order valence-corrected chi connectivity index (χ4v) is 4.86. The molecule has 7 heteroatoms. The Labute approximate surface area is 138 Å². The van der Waals surface area contributed by atoms with Gasteiger partial charge in [-0.1, -0.05) is 12.7 Å². The van der Waals surface area contributed by atoms with E-state index in [1.807, 2.05) is 11.9 Å². The molecule has 3 atom stereocenters. The zero-order valence-electron chi connectivity index (χ0n) is 13.5. The Kier molecular flexibility index (Phi) is 4.04. The van der Waals surface area contributed by atoms with Gasteiger partial charge in [0.1, 0.15) is 0 Å². The van der Waals surface area contributed by atoms with Crippen LogP contribution in [0.3, 0.4) is 0 Å². The Morgan fingerprint density at radius 1 is 1.35 bits per heavy atom. The van der Waals surface area contributed by atoms with Crippen molar-refractivity contribution in [2.45, 2.75) is 48.9 Å². The van der Waals surface area contributed by atoms with Gasteiger partial charge < -0.3 is 5.32 Å². The Morgan fingerprint density at radius 3 is 2.52 bits per heavy atom. The number of carbonyl (C=O) groups is 1. The number of sulfonamides is 1. The van der Waals surface area contributed by atoms with Gasteiger partial charge in [-0.25, -0.2) is 8.42 Å². The zero-order valence-corrected chi connectivity index (χ0v) is 14.4. The van der Waals surface area contributed by atoms with E-state index < -0.39 is 15.6 Å². The second-order valence-corrected chi connectivity index (χ2v) is 8.93. The van der Waals surface area contributed by atoms with Crippen molar-refractivity contribution in [2.75, 3.05) is 13.6 Å². The van der Waals surface area contributed by atoms with E-state index in [9.17, 15) is 13.2 Å². The number of likely N-dealkylation sites (tertiary alicyclic amines) is 1. The van der Waals surface area contributed by atoms with Crippen molar-refractivity contribution < 1.29 is 13.2 Å². The van der Waals surface area contributed by atoms with Gasteiger partial charge in [-0.3, -0.25) is 14.4 Å². The third-order valence-corrected chi connectivity index (χ3v) is 7.12. The molecule has 23 heavy (non-hydrogen) atoms. The number of carbonyl (C=O) groups excluding carboxylic acids is 1. The highest BCUT2D eigenvalue weighted by atomic mass is 32.2. The second-order valence-electron chi connectivity index (χ2n) is 6.97. The number of nitrogens with one attached hydrogen (secondary N) is 2. The van der Waals surface area contributed by atoms with E-state index >= 15 is 0 Å². The molecule has 128 valence electrons. The van der Waals surface area contributed by atoms with Crippen LogP contribution >= 0.6 is 0 Å². The molecule has 1 heterocycles. The second kappa shape index (κ2) is 5.63. The number of hydrogen-bond donors (Lipinski definition) is 2. The summed E-state index contributed by atoms with van der Waals surface area (Å²) in [7, 11) is -1.44. The minimum Gasteiger partial charge on any atom is -0.343 e. The van der Waals surface area contributed by atoms with E-state index in [0.717, 1.165) is 19.4 Å². The summed E-state index contributed by atoms with van der Waals surface area (Å²) in [6, 6.07) is -0.147. The molecule has 3 aliphatic rings. The fraction of sp³-hybridized carbons (Fsp3) is 0.688. The first kappa shape index (κ1) is 16.5. The summed E-state index contributed by atoms with van der Waals surface area (Å²) in [6.07, 6.45) is 5.62. The van der Waals surface area contributed by atoms with Crippen LogP contribution in [0.15, 0.2) is 24.9 Å². The van der Waals surface area contributed by atoms with Crippen LogP contribution in [-0.2, 0) is 14.8 Å². The van der Waals surface area contributed by atoms with Crippen LogP contribution in [-0.4, -0.2) is 49.6 Å². The van der Waals surface area contributed by atoms with E-state index in [1.165, 1.54) is 0 Å². The van der Waals surface area contributed by atoms with Crippen molar-refractivity contribution in [1.29, 1.82) is 0 Å². The number of hydrogen-bond acceptors (Lipinski definition) is 4. The molecular formula is C16H25N3O3S. The van der Waals surface area contributed by atoms with E-state index in [1.54, 1.807) is 6.08 Å². The highest BCUT2D eigenvalue weighted by molar-refractivity contribution is 7.90. The maximum absolute atomic E-state index is 12.6. The first-order valence-electron chi connectivity index (χ1n) is 8.16. The first-order valence-corrected chi connectivity index (χ1v) is 9.70. The van der Waals surface area contributed by atoms with Gasteiger partial charge >= 0.3 is 0 Å². The summed E-state index contributed by atoms with van der Waals surface area (Å²) in [6.45, 7) is 8.61. The Bertz CT molecular complexity index is 641. The lowest BCUT2D eigenvalue weighted by atomic mass is 10.1. The molecule has 0 radical (unpaired) electrons. The minimum atomic E-state index is -3.37. The first-order chi connectivity index (χ1) is 10.8. The molecule has 2 N–H and O–H groups in total. The maximum atomic E-state index is 12.6. The van der Waals surface area contributed by atoms with Crippen LogP contribution in [0.2, 0.25) is 0 Å². The van der Waals surface area contributed by atoms with E-state index in [2.05, 4.69) is 23.2 Å². The van der Waals surface area contributed by atoms with Gasteiger partial charge in [0.05, 0.1) is 16.8 Å². The van der Waals surface area contributed by atoms with Crippen LogP contribution in [0.1, 0.15) is 32.1 Å². The third kappa shape index (κ3) is 3.04. The molecule has 1 amide bonds. The summed E-state index contributed by atoms with van der Waals surface area (Å²) >= 11 is 0. The predicted molar refractivity (Wildman–Crippen MR) is 89.0 cm³/mol. The van der Waals surface area contributed by atoms with Crippen molar-refractivity contribution in [2.24, 2.45) is 5.92 Å². The molecule has 0 aromatic rings. The molecule has 1 aliphatic heterocycles. The molecule has 1 saturated heterocycles. The van der Waals surface area contributed by atoms with Gasteiger partial charge in [0.25, 0.3) is 0 Å². The average Bonchev–Trinajstić information content (AvgIpc) is 3.37. The molecule has 0 aromatic heterocycles. The zero-order chi connectivity index (χ0) is 16.8. The molecule has 2 unspecified atom stereocenters.